The molecular formula is C31H46N2O4. The normalized spacial score (nSPS) is 13.9. The second kappa shape index (κ2) is 17.8. The van der Waals surface area contributed by atoms with Crippen molar-refractivity contribution < 1.29 is 19.3 Å². The van der Waals surface area contributed by atoms with E-state index in [4.69, 9.17) is 14.2 Å². The van der Waals surface area contributed by atoms with Gasteiger partial charge in [-0.3, -0.25) is 0 Å². The minimum Gasteiger partial charge on any atom is -0.508 e. The molecule has 0 aliphatic carbocycles. The standard InChI is InChI=1S/C31H46N2O4/c1-2-3-4-5-6-7-8-9-10-11-12-13-14-15-26-16-18-28-30(24-26)36-22-20-35-21-23-37-31-25-27(34)17-19-29(31)33-32-28/h16-19,24-25,34H,2-15,20-23H2,1H3. The molecule has 204 valence electrons. The van der Waals surface area contributed by atoms with Crippen molar-refractivity contribution in [3.8, 4) is 17.2 Å². The molecule has 1 heterocycles. The summed E-state index contributed by atoms with van der Waals surface area (Å²) in [5.41, 5.74) is 2.49. The number of aromatic hydroxyl groups is 1. The van der Waals surface area contributed by atoms with Crippen LogP contribution in [0.15, 0.2) is 46.6 Å². The van der Waals surface area contributed by atoms with Crippen molar-refractivity contribution in [2.75, 3.05) is 26.4 Å². The van der Waals surface area contributed by atoms with Crippen LogP contribution in [0.5, 0.6) is 17.2 Å². The van der Waals surface area contributed by atoms with Crippen LogP contribution in [-0.4, -0.2) is 31.5 Å². The molecule has 6 nitrogen and oxygen atoms in total. The molecule has 0 bridgehead atoms. The van der Waals surface area contributed by atoms with Gasteiger partial charge in [-0.1, -0.05) is 90.0 Å². The number of phenols is 1. The number of fused-ring (bicyclic) bond motifs is 2. The Morgan fingerprint density at radius 3 is 1.73 bits per heavy atom. The Balaban J connectivity index is 1.42. The second-order valence-corrected chi connectivity index (χ2v) is 9.96. The van der Waals surface area contributed by atoms with Crippen molar-refractivity contribution in [2.24, 2.45) is 10.2 Å². The fourth-order valence-corrected chi connectivity index (χ4v) is 4.59. The van der Waals surface area contributed by atoms with Crippen molar-refractivity contribution in [3.05, 3.63) is 42.0 Å². The minimum absolute atomic E-state index is 0.126. The summed E-state index contributed by atoms with van der Waals surface area (Å²) in [5, 5.41) is 18.6. The quantitative estimate of drug-likeness (QED) is 0.257. The van der Waals surface area contributed by atoms with Gasteiger partial charge in [0.1, 0.15) is 36.1 Å². The zero-order chi connectivity index (χ0) is 26.0. The third kappa shape index (κ3) is 11.5. The van der Waals surface area contributed by atoms with Gasteiger partial charge in [0.2, 0.25) is 0 Å². The minimum atomic E-state index is 0.126. The molecule has 2 aromatic carbocycles. The van der Waals surface area contributed by atoms with Crippen LogP contribution in [-0.2, 0) is 11.2 Å². The molecule has 1 aliphatic heterocycles. The number of aryl methyl sites for hydroxylation is 1. The van der Waals surface area contributed by atoms with Gasteiger partial charge in [0.25, 0.3) is 0 Å². The summed E-state index contributed by atoms with van der Waals surface area (Å²) in [4.78, 5) is 0. The van der Waals surface area contributed by atoms with Crippen molar-refractivity contribution in [1.82, 2.24) is 0 Å². The number of hydrogen-bond donors (Lipinski definition) is 1. The van der Waals surface area contributed by atoms with Crippen LogP contribution in [0, 0.1) is 0 Å². The van der Waals surface area contributed by atoms with Gasteiger partial charge in [0.15, 0.2) is 5.75 Å². The molecule has 0 fully saturated rings. The average Bonchev–Trinajstić information content (AvgIpc) is 2.92. The van der Waals surface area contributed by atoms with Crippen LogP contribution in [0.3, 0.4) is 0 Å². The van der Waals surface area contributed by atoms with E-state index >= 15 is 0 Å². The lowest BCUT2D eigenvalue weighted by molar-refractivity contribution is 0.0767. The van der Waals surface area contributed by atoms with Crippen molar-refractivity contribution in [2.45, 2.75) is 96.8 Å². The third-order valence-corrected chi connectivity index (χ3v) is 6.77. The van der Waals surface area contributed by atoms with Crippen LogP contribution in [0.1, 0.15) is 96.0 Å². The number of nitrogens with zero attached hydrogens (tertiary/aromatic N) is 2. The van der Waals surface area contributed by atoms with E-state index in [1.54, 1.807) is 18.2 Å². The highest BCUT2D eigenvalue weighted by Gasteiger charge is 2.09. The van der Waals surface area contributed by atoms with E-state index in [1.165, 1.54) is 89.0 Å². The lowest BCUT2D eigenvalue weighted by atomic mass is 10.0. The fraction of sp³-hybridized carbons (Fsp3) is 0.613. The molecule has 0 spiro atoms. The van der Waals surface area contributed by atoms with Gasteiger partial charge in [0, 0.05) is 6.07 Å². The second-order valence-electron chi connectivity index (χ2n) is 9.96. The van der Waals surface area contributed by atoms with E-state index in [1.807, 2.05) is 6.07 Å². The predicted molar refractivity (Wildman–Crippen MR) is 150 cm³/mol. The summed E-state index contributed by atoms with van der Waals surface area (Å²) in [6.07, 6.45) is 18.8. The molecule has 0 saturated heterocycles. The maximum absolute atomic E-state index is 9.80. The van der Waals surface area contributed by atoms with E-state index in [-0.39, 0.29) is 5.75 Å². The van der Waals surface area contributed by atoms with Gasteiger partial charge in [-0.15, -0.1) is 10.2 Å². The topological polar surface area (TPSA) is 72.6 Å². The molecule has 2 aromatic rings. The summed E-state index contributed by atoms with van der Waals surface area (Å²) < 4.78 is 17.3. The molecule has 3 rings (SSSR count). The molecule has 0 aromatic heterocycles. The Labute approximate surface area is 223 Å². The molecule has 0 amide bonds. The summed E-state index contributed by atoms with van der Waals surface area (Å²) in [6, 6.07) is 11.0. The van der Waals surface area contributed by atoms with Crippen LogP contribution in [0.4, 0.5) is 11.4 Å². The van der Waals surface area contributed by atoms with Crippen LogP contribution in [0.2, 0.25) is 0 Å². The molecular weight excluding hydrogens is 464 g/mol. The molecule has 0 unspecified atom stereocenters. The van der Waals surface area contributed by atoms with Gasteiger partial charge in [-0.2, -0.15) is 0 Å². The van der Waals surface area contributed by atoms with Gasteiger partial charge in [0.05, 0.1) is 13.2 Å². The van der Waals surface area contributed by atoms with Gasteiger partial charge in [-0.25, -0.2) is 0 Å². The number of hydrogen-bond acceptors (Lipinski definition) is 6. The highest BCUT2D eigenvalue weighted by atomic mass is 16.5. The Morgan fingerprint density at radius 2 is 1.14 bits per heavy atom. The number of benzene rings is 2. The first-order valence-electron chi connectivity index (χ1n) is 14.5. The summed E-state index contributed by atoms with van der Waals surface area (Å²) in [6.45, 7) is 3.99. The number of unbranched alkanes of at least 4 members (excludes halogenated alkanes) is 12. The monoisotopic (exact) mass is 510 g/mol. The van der Waals surface area contributed by atoms with Crippen molar-refractivity contribution >= 4 is 11.4 Å². The Hall–Kier alpha value is -2.60. The van der Waals surface area contributed by atoms with E-state index in [0.29, 0.717) is 43.6 Å². The Bertz CT molecular complexity index is 931. The van der Waals surface area contributed by atoms with Crippen LogP contribution < -0.4 is 9.47 Å². The first-order valence-corrected chi connectivity index (χ1v) is 14.5. The highest BCUT2D eigenvalue weighted by molar-refractivity contribution is 5.57. The predicted octanol–water partition coefficient (Wildman–Crippen LogP) is 9.23. The molecule has 6 heteroatoms. The molecule has 1 aliphatic rings. The van der Waals surface area contributed by atoms with Gasteiger partial charge < -0.3 is 19.3 Å². The SMILES string of the molecule is CCCCCCCCCCCCCCCc1ccc2c(c1)OCCOCCOc1cc(O)ccc1N=N2. The molecule has 0 radical (unpaired) electrons. The maximum Gasteiger partial charge on any atom is 0.150 e. The number of ether oxygens (including phenoxy) is 3. The average molecular weight is 511 g/mol. The maximum atomic E-state index is 9.80. The number of rotatable bonds is 14. The zero-order valence-electron chi connectivity index (χ0n) is 22.8. The molecule has 0 saturated carbocycles. The Morgan fingerprint density at radius 1 is 0.622 bits per heavy atom. The summed E-state index contributed by atoms with van der Waals surface area (Å²) >= 11 is 0. The van der Waals surface area contributed by atoms with Crippen molar-refractivity contribution in [1.29, 1.82) is 0 Å². The van der Waals surface area contributed by atoms with E-state index in [9.17, 15) is 5.11 Å². The number of phenolic OH excluding ortho intramolecular Hbond substituents is 1. The highest BCUT2D eigenvalue weighted by Crippen LogP contribution is 2.35. The van der Waals surface area contributed by atoms with E-state index in [2.05, 4.69) is 29.3 Å². The van der Waals surface area contributed by atoms with E-state index < -0.39 is 0 Å². The molecule has 1 N–H and O–H groups in total. The first-order chi connectivity index (χ1) is 18.3. The van der Waals surface area contributed by atoms with Crippen LogP contribution in [0.25, 0.3) is 0 Å². The van der Waals surface area contributed by atoms with Crippen LogP contribution >= 0.6 is 0 Å². The third-order valence-electron chi connectivity index (χ3n) is 6.77. The lowest BCUT2D eigenvalue weighted by Crippen LogP contribution is -2.12. The zero-order valence-corrected chi connectivity index (χ0v) is 22.8. The Kier molecular flexibility index (Phi) is 13.9. The summed E-state index contributed by atoms with van der Waals surface area (Å²) in [5.74, 6) is 1.33. The van der Waals surface area contributed by atoms with Crippen molar-refractivity contribution in [3.63, 3.8) is 0 Å². The van der Waals surface area contributed by atoms with Gasteiger partial charge >= 0.3 is 0 Å². The largest absolute Gasteiger partial charge is 0.508 e. The fourth-order valence-electron chi connectivity index (χ4n) is 4.59. The van der Waals surface area contributed by atoms with E-state index in [0.717, 1.165) is 12.2 Å². The smallest absolute Gasteiger partial charge is 0.150 e. The summed E-state index contributed by atoms with van der Waals surface area (Å²) in [7, 11) is 0. The lowest BCUT2D eigenvalue weighted by Gasteiger charge is -2.11. The molecule has 37 heavy (non-hydrogen) atoms. The van der Waals surface area contributed by atoms with Gasteiger partial charge in [-0.05, 0) is 42.7 Å². The molecule has 0 atom stereocenters. The number of azo groups is 1. The first kappa shape index (κ1) is 29.0.